The highest BCUT2D eigenvalue weighted by atomic mass is 16.2. The highest BCUT2D eigenvalue weighted by Crippen LogP contribution is 2.20. The minimum Gasteiger partial charge on any atom is -0.370 e. The number of carbonyl (C=O) groups is 2. The molecule has 0 unspecified atom stereocenters. The summed E-state index contributed by atoms with van der Waals surface area (Å²) in [5, 5.41) is 0. The van der Waals surface area contributed by atoms with Gasteiger partial charge in [0.15, 0.2) is 0 Å². The van der Waals surface area contributed by atoms with Crippen LogP contribution in [0.15, 0.2) is 0 Å². The van der Waals surface area contributed by atoms with Crippen molar-refractivity contribution in [3.05, 3.63) is 0 Å². The van der Waals surface area contributed by atoms with Crippen molar-refractivity contribution >= 4 is 11.8 Å². The van der Waals surface area contributed by atoms with Gasteiger partial charge in [0.2, 0.25) is 11.8 Å². The molecule has 0 aromatic rings. The predicted octanol–water partition coefficient (Wildman–Crippen LogP) is 0.510. The van der Waals surface area contributed by atoms with Crippen LogP contribution in [0, 0.1) is 5.92 Å². The van der Waals surface area contributed by atoms with E-state index in [4.69, 9.17) is 5.73 Å². The highest BCUT2D eigenvalue weighted by molar-refractivity contribution is 5.76. The standard InChI is InChI=1S/C10H18N2O2/c1-2-10(14)12-5-3-8(4-6-12)7-9(11)13/h8H,2-7H2,1H3,(H2,11,13). The Labute approximate surface area is 84.4 Å². The Hall–Kier alpha value is -1.06. The van der Waals surface area contributed by atoms with E-state index in [0.29, 0.717) is 18.8 Å². The van der Waals surface area contributed by atoms with Gasteiger partial charge in [-0.15, -0.1) is 0 Å². The number of hydrogen-bond donors (Lipinski definition) is 1. The molecule has 0 radical (unpaired) electrons. The maximum Gasteiger partial charge on any atom is 0.222 e. The molecule has 0 bridgehead atoms. The molecule has 1 rings (SSSR count). The molecule has 1 aliphatic rings. The Morgan fingerprint density at radius 1 is 1.36 bits per heavy atom. The van der Waals surface area contributed by atoms with Gasteiger partial charge < -0.3 is 10.6 Å². The van der Waals surface area contributed by atoms with Crippen LogP contribution >= 0.6 is 0 Å². The Morgan fingerprint density at radius 3 is 2.36 bits per heavy atom. The number of primary amides is 1. The molecule has 2 amide bonds. The summed E-state index contributed by atoms with van der Waals surface area (Å²) in [6.45, 7) is 3.44. The summed E-state index contributed by atoms with van der Waals surface area (Å²) >= 11 is 0. The SMILES string of the molecule is CCC(=O)N1CCC(CC(N)=O)CC1. The van der Waals surface area contributed by atoms with Crippen LogP contribution in [-0.2, 0) is 9.59 Å². The van der Waals surface area contributed by atoms with Crippen molar-refractivity contribution in [2.24, 2.45) is 11.7 Å². The van der Waals surface area contributed by atoms with Gasteiger partial charge in [0.25, 0.3) is 0 Å². The number of amides is 2. The molecule has 1 heterocycles. The molecular weight excluding hydrogens is 180 g/mol. The van der Waals surface area contributed by atoms with Crippen LogP contribution in [0.3, 0.4) is 0 Å². The largest absolute Gasteiger partial charge is 0.370 e. The molecule has 1 saturated heterocycles. The zero-order valence-electron chi connectivity index (χ0n) is 8.66. The lowest BCUT2D eigenvalue weighted by Crippen LogP contribution is -2.38. The second kappa shape index (κ2) is 4.98. The Bertz CT molecular complexity index is 220. The van der Waals surface area contributed by atoms with Gasteiger partial charge in [-0.05, 0) is 18.8 Å². The third-order valence-corrected chi connectivity index (χ3v) is 2.76. The second-order valence-electron chi connectivity index (χ2n) is 3.85. The number of piperidine rings is 1. The van der Waals surface area contributed by atoms with Gasteiger partial charge in [-0.2, -0.15) is 0 Å². The van der Waals surface area contributed by atoms with Crippen molar-refractivity contribution in [1.29, 1.82) is 0 Å². The lowest BCUT2D eigenvalue weighted by molar-refractivity contribution is -0.132. The van der Waals surface area contributed by atoms with E-state index in [9.17, 15) is 9.59 Å². The van der Waals surface area contributed by atoms with Gasteiger partial charge in [-0.25, -0.2) is 0 Å². The molecular formula is C10H18N2O2. The first kappa shape index (κ1) is 11.0. The van der Waals surface area contributed by atoms with Crippen molar-refractivity contribution in [2.75, 3.05) is 13.1 Å². The van der Waals surface area contributed by atoms with Crippen LogP contribution in [0.5, 0.6) is 0 Å². The molecule has 0 spiro atoms. The first-order valence-corrected chi connectivity index (χ1v) is 5.19. The van der Waals surface area contributed by atoms with Gasteiger partial charge in [0.05, 0.1) is 0 Å². The maximum atomic E-state index is 11.3. The van der Waals surface area contributed by atoms with Crippen molar-refractivity contribution in [1.82, 2.24) is 4.90 Å². The van der Waals surface area contributed by atoms with E-state index in [1.807, 2.05) is 11.8 Å². The molecule has 14 heavy (non-hydrogen) atoms. The minimum atomic E-state index is -0.231. The fraction of sp³-hybridized carbons (Fsp3) is 0.800. The number of nitrogens with two attached hydrogens (primary N) is 1. The van der Waals surface area contributed by atoms with E-state index >= 15 is 0 Å². The summed E-state index contributed by atoms with van der Waals surface area (Å²) < 4.78 is 0. The van der Waals surface area contributed by atoms with Crippen LogP contribution in [0.1, 0.15) is 32.6 Å². The predicted molar refractivity (Wildman–Crippen MR) is 53.4 cm³/mol. The van der Waals surface area contributed by atoms with Crippen molar-refractivity contribution in [3.8, 4) is 0 Å². The van der Waals surface area contributed by atoms with E-state index in [-0.39, 0.29) is 11.8 Å². The van der Waals surface area contributed by atoms with E-state index in [1.165, 1.54) is 0 Å². The van der Waals surface area contributed by atoms with Crippen LogP contribution in [0.2, 0.25) is 0 Å². The number of hydrogen-bond acceptors (Lipinski definition) is 2. The first-order chi connectivity index (χ1) is 6.63. The molecule has 0 atom stereocenters. The highest BCUT2D eigenvalue weighted by Gasteiger charge is 2.22. The maximum absolute atomic E-state index is 11.3. The second-order valence-corrected chi connectivity index (χ2v) is 3.85. The topological polar surface area (TPSA) is 63.4 Å². The first-order valence-electron chi connectivity index (χ1n) is 5.19. The molecule has 4 nitrogen and oxygen atoms in total. The molecule has 80 valence electrons. The molecule has 0 aromatic heterocycles. The summed E-state index contributed by atoms with van der Waals surface area (Å²) in [5.41, 5.74) is 5.12. The van der Waals surface area contributed by atoms with Crippen LogP contribution in [0.4, 0.5) is 0 Å². The number of likely N-dealkylation sites (tertiary alicyclic amines) is 1. The average Bonchev–Trinajstić information content (AvgIpc) is 2.17. The van der Waals surface area contributed by atoms with Crippen LogP contribution in [0.25, 0.3) is 0 Å². The Kier molecular flexibility index (Phi) is 3.92. The van der Waals surface area contributed by atoms with E-state index < -0.39 is 0 Å². The molecule has 2 N–H and O–H groups in total. The summed E-state index contributed by atoms with van der Waals surface area (Å²) in [5.74, 6) is 0.362. The van der Waals surface area contributed by atoms with E-state index in [0.717, 1.165) is 25.9 Å². The normalized spacial score (nSPS) is 18.2. The van der Waals surface area contributed by atoms with Gasteiger partial charge >= 0.3 is 0 Å². The van der Waals surface area contributed by atoms with E-state index in [1.54, 1.807) is 0 Å². The third kappa shape index (κ3) is 3.01. The molecule has 1 aliphatic heterocycles. The van der Waals surface area contributed by atoms with E-state index in [2.05, 4.69) is 0 Å². The summed E-state index contributed by atoms with van der Waals surface area (Å²) in [4.78, 5) is 23.9. The van der Waals surface area contributed by atoms with Crippen molar-refractivity contribution in [2.45, 2.75) is 32.6 Å². The molecule has 0 aliphatic carbocycles. The smallest absolute Gasteiger partial charge is 0.222 e. The average molecular weight is 198 g/mol. The molecule has 0 saturated carbocycles. The quantitative estimate of drug-likeness (QED) is 0.718. The third-order valence-electron chi connectivity index (χ3n) is 2.76. The molecule has 1 fully saturated rings. The summed E-state index contributed by atoms with van der Waals surface area (Å²) in [6, 6.07) is 0. The lowest BCUT2D eigenvalue weighted by Gasteiger charge is -2.31. The van der Waals surface area contributed by atoms with Gasteiger partial charge in [0, 0.05) is 25.9 Å². The fourth-order valence-corrected chi connectivity index (χ4v) is 1.89. The number of carbonyl (C=O) groups excluding carboxylic acids is 2. The summed E-state index contributed by atoms with van der Waals surface area (Å²) in [6.07, 6.45) is 2.86. The Balaban J connectivity index is 2.31. The lowest BCUT2D eigenvalue weighted by atomic mass is 9.93. The molecule has 0 aromatic carbocycles. The van der Waals surface area contributed by atoms with Gasteiger partial charge in [0.1, 0.15) is 0 Å². The number of rotatable bonds is 3. The van der Waals surface area contributed by atoms with Gasteiger partial charge in [-0.1, -0.05) is 6.92 Å². The van der Waals surface area contributed by atoms with Crippen molar-refractivity contribution in [3.63, 3.8) is 0 Å². The monoisotopic (exact) mass is 198 g/mol. The minimum absolute atomic E-state index is 0.211. The number of nitrogens with zero attached hydrogens (tertiary/aromatic N) is 1. The zero-order valence-corrected chi connectivity index (χ0v) is 8.66. The van der Waals surface area contributed by atoms with Crippen LogP contribution in [-0.4, -0.2) is 29.8 Å². The summed E-state index contributed by atoms with van der Waals surface area (Å²) in [7, 11) is 0. The Morgan fingerprint density at radius 2 is 1.93 bits per heavy atom. The van der Waals surface area contributed by atoms with Crippen molar-refractivity contribution < 1.29 is 9.59 Å². The fourth-order valence-electron chi connectivity index (χ4n) is 1.89. The zero-order chi connectivity index (χ0) is 10.6. The van der Waals surface area contributed by atoms with Crippen LogP contribution < -0.4 is 5.73 Å². The molecule has 4 heteroatoms. The van der Waals surface area contributed by atoms with Gasteiger partial charge in [-0.3, -0.25) is 9.59 Å².